The van der Waals surface area contributed by atoms with Gasteiger partial charge in [0.1, 0.15) is 5.82 Å². The van der Waals surface area contributed by atoms with E-state index in [0.29, 0.717) is 15.6 Å². The molecular weight excluding hydrogens is 219 g/mol. The van der Waals surface area contributed by atoms with Crippen LogP contribution in [0.5, 0.6) is 0 Å². The molecule has 1 heterocycles. The Labute approximate surface area is 91.3 Å². The molecule has 0 bridgehead atoms. The molecule has 0 amide bonds. The largest absolute Gasteiger partial charge is 0.205 e. The SMILES string of the molecule is CC(C)c1sc2c(F)cccc2c1Cl. The molecule has 0 atom stereocenters. The Kier molecular flexibility index (Phi) is 2.50. The molecule has 0 aliphatic carbocycles. The molecule has 14 heavy (non-hydrogen) atoms. The normalized spacial score (nSPS) is 11.5. The molecule has 1 aromatic heterocycles. The lowest BCUT2D eigenvalue weighted by Crippen LogP contribution is -1.80. The topological polar surface area (TPSA) is 0 Å². The van der Waals surface area contributed by atoms with Gasteiger partial charge in [0.25, 0.3) is 0 Å². The second-order valence-electron chi connectivity index (χ2n) is 3.55. The summed E-state index contributed by atoms with van der Waals surface area (Å²) in [6.07, 6.45) is 0. The Morgan fingerprint density at radius 3 is 2.64 bits per heavy atom. The minimum atomic E-state index is -0.179. The van der Waals surface area contributed by atoms with Crippen molar-refractivity contribution in [2.75, 3.05) is 0 Å². The number of fused-ring (bicyclic) bond motifs is 1. The van der Waals surface area contributed by atoms with E-state index in [1.807, 2.05) is 6.07 Å². The summed E-state index contributed by atoms with van der Waals surface area (Å²) < 4.78 is 14.1. The summed E-state index contributed by atoms with van der Waals surface area (Å²) in [6, 6.07) is 5.03. The van der Waals surface area contributed by atoms with Crippen LogP contribution in [0.2, 0.25) is 5.02 Å². The van der Waals surface area contributed by atoms with Gasteiger partial charge in [0.2, 0.25) is 0 Å². The first-order chi connectivity index (χ1) is 6.61. The van der Waals surface area contributed by atoms with Crippen molar-refractivity contribution in [2.45, 2.75) is 19.8 Å². The molecule has 0 nitrogen and oxygen atoms in total. The van der Waals surface area contributed by atoms with Gasteiger partial charge in [0.15, 0.2) is 0 Å². The van der Waals surface area contributed by atoms with Crippen molar-refractivity contribution in [1.82, 2.24) is 0 Å². The van der Waals surface area contributed by atoms with E-state index in [1.165, 1.54) is 17.4 Å². The quantitative estimate of drug-likeness (QED) is 0.657. The molecule has 0 saturated heterocycles. The molecule has 1 aromatic carbocycles. The van der Waals surface area contributed by atoms with E-state index in [9.17, 15) is 4.39 Å². The predicted molar refractivity (Wildman–Crippen MR) is 60.9 cm³/mol. The van der Waals surface area contributed by atoms with Crippen LogP contribution in [0.25, 0.3) is 10.1 Å². The van der Waals surface area contributed by atoms with Gasteiger partial charge in [0.05, 0.1) is 9.72 Å². The highest BCUT2D eigenvalue weighted by Gasteiger charge is 2.14. The highest BCUT2D eigenvalue weighted by Crippen LogP contribution is 2.40. The molecule has 74 valence electrons. The van der Waals surface area contributed by atoms with Gasteiger partial charge in [-0.25, -0.2) is 4.39 Å². The van der Waals surface area contributed by atoms with Gasteiger partial charge in [-0.1, -0.05) is 37.6 Å². The van der Waals surface area contributed by atoms with Crippen LogP contribution in [-0.4, -0.2) is 0 Å². The van der Waals surface area contributed by atoms with Crippen LogP contribution in [0.1, 0.15) is 24.6 Å². The smallest absolute Gasteiger partial charge is 0.141 e. The molecule has 0 aliphatic heterocycles. The number of hydrogen-bond acceptors (Lipinski definition) is 1. The molecule has 0 radical (unpaired) electrons. The molecule has 2 rings (SSSR count). The zero-order valence-corrected chi connectivity index (χ0v) is 9.55. The van der Waals surface area contributed by atoms with E-state index in [2.05, 4.69) is 13.8 Å². The summed E-state index contributed by atoms with van der Waals surface area (Å²) in [5, 5.41) is 1.54. The van der Waals surface area contributed by atoms with E-state index >= 15 is 0 Å². The first-order valence-electron chi connectivity index (χ1n) is 4.47. The lowest BCUT2D eigenvalue weighted by Gasteiger charge is -1.99. The summed E-state index contributed by atoms with van der Waals surface area (Å²) in [6.45, 7) is 4.13. The van der Waals surface area contributed by atoms with Gasteiger partial charge in [0, 0.05) is 10.3 Å². The molecular formula is C11H10ClFS. The van der Waals surface area contributed by atoms with Crippen LogP contribution in [0.15, 0.2) is 18.2 Å². The van der Waals surface area contributed by atoms with Crippen molar-refractivity contribution in [3.05, 3.63) is 33.9 Å². The van der Waals surface area contributed by atoms with Crippen LogP contribution in [0.3, 0.4) is 0 Å². The second-order valence-corrected chi connectivity index (χ2v) is 4.98. The standard InChI is InChI=1S/C11H10ClFS/c1-6(2)10-9(12)7-4-3-5-8(13)11(7)14-10/h3-6H,1-2H3. The van der Waals surface area contributed by atoms with Crippen molar-refractivity contribution >= 4 is 33.0 Å². The Hall–Kier alpha value is -0.600. The molecule has 0 N–H and O–H groups in total. The first-order valence-corrected chi connectivity index (χ1v) is 5.67. The summed E-state index contributed by atoms with van der Waals surface area (Å²) in [7, 11) is 0. The Morgan fingerprint density at radius 1 is 1.36 bits per heavy atom. The molecule has 0 spiro atoms. The molecule has 0 aliphatic rings. The highest BCUT2D eigenvalue weighted by atomic mass is 35.5. The Balaban J connectivity index is 2.80. The summed E-state index contributed by atoms with van der Waals surface area (Å²) in [5.41, 5.74) is 0. The second kappa shape index (κ2) is 3.52. The van der Waals surface area contributed by atoms with Gasteiger partial charge < -0.3 is 0 Å². The lowest BCUT2D eigenvalue weighted by atomic mass is 10.1. The third kappa shape index (κ3) is 1.43. The summed E-state index contributed by atoms with van der Waals surface area (Å²) >= 11 is 7.62. The summed E-state index contributed by atoms with van der Waals surface area (Å²) in [4.78, 5) is 1.06. The molecule has 0 unspecified atom stereocenters. The number of halogens is 2. The van der Waals surface area contributed by atoms with Gasteiger partial charge in [-0.3, -0.25) is 0 Å². The van der Waals surface area contributed by atoms with Crippen LogP contribution in [0.4, 0.5) is 4.39 Å². The van der Waals surface area contributed by atoms with Crippen molar-refractivity contribution in [3.63, 3.8) is 0 Å². The number of thiophene rings is 1. The van der Waals surface area contributed by atoms with Gasteiger partial charge in [-0.05, 0) is 12.0 Å². The van der Waals surface area contributed by atoms with Crippen LogP contribution in [0, 0.1) is 5.82 Å². The average Bonchev–Trinajstić information content (AvgIpc) is 2.46. The maximum absolute atomic E-state index is 13.4. The fraction of sp³-hybridized carbons (Fsp3) is 0.273. The zero-order chi connectivity index (χ0) is 10.3. The number of hydrogen-bond donors (Lipinski definition) is 0. The predicted octanol–water partition coefficient (Wildman–Crippen LogP) is 4.82. The third-order valence-corrected chi connectivity index (χ3v) is 4.19. The maximum Gasteiger partial charge on any atom is 0.141 e. The van der Waals surface area contributed by atoms with E-state index in [4.69, 9.17) is 11.6 Å². The minimum Gasteiger partial charge on any atom is -0.205 e. The minimum absolute atomic E-state index is 0.179. The fourth-order valence-electron chi connectivity index (χ4n) is 1.44. The lowest BCUT2D eigenvalue weighted by molar-refractivity contribution is 0.642. The fourth-order valence-corrected chi connectivity index (χ4v) is 3.09. The molecule has 3 heteroatoms. The average molecular weight is 229 g/mol. The molecule has 0 fully saturated rings. The van der Waals surface area contributed by atoms with Crippen molar-refractivity contribution in [2.24, 2.45) is 0 Å². The summed E-state index contributed by atoms with van der Waals surface area (Å²) in [5.74, 6) is 0.167. The van der Waals surface area contributed by atoms with Crippen molar-refractivity contribution in [1.29, 1.82) is 0 Å². The Bertz CT molecular complexity index is 473. The monoisotopic (exact) mass is 228 g/mol. The molecule has 2 aromatic rings. The van der Waals surface area contributed by atoms with Crippen LogP contribution < -0.4 is 0 Å². The van der Waals surface area contributed by atoms with Gasteiger partial charge >= 0.3 is 0 Å². The van der Waals surface area contributed by atoms with E-state index in [0.717, 1.165) is 10.3 Å². The van der Waals surface area contributed by atoms with E-state index < -0.39 is 0 Å². The van der Waals surface area contributed by atoms with E-state index in [1.54, 1.807) is 6.07 Å². The van der Waals surface area contributed by atoms with Crippen LogP contribution >= 0.6 is 22.9 Å². The number of benzene rings is 1. The van der Waals surface area contributed by atoms with Crippen LogP contribution in [-0.2, 0) is 0 Å². The maximum atomic E-state index is 13.4. The highest BCUT2D eigenvalue weighted by molar-refractivity contribution is 7.19. The first kappa shape index (κ1) is 9.94. The van der Waals surface area contributed by atoms with Crippen molar-refractivity contribution < 1.29 is 4.39 Å². The van der Waals surface area contributed by atoms with E-state index in [-0.39, 0.29) is 5.82 Å². The molecule has 0 saturated carbocycles. The third-order valence-electron chi connectivity index (χ3n) is 2.16. The zero-order valence-electron chi connectivity index (χ0n) is 7.97. The van der Waals surface area contributed by atoms with Gasteiger partial charge in [-0.2, -0.15) is 0 Å². The van der Waals surface area contributed by atoms with Gasteiger partial charge in [-0.15, -0.1) is 11.3 Å². The Morgan fingerprint density at radius 2 is 2.07 bits per heavy atom. The van der Waals surface area contributed by atoms with Crippen molar-refractivity contribution in [3.8, 4) is 0 Å². The number of rotatable bonds is 1.